The molecule has 5 nitrogen and oxygen atoms in total. The molecule has 2 atom stereocenters. The van der Waals surface area contributed by atoms with Crippen LogP contribution < -0.4 is 10.2 Å². The number of aliphatic hydroxyl groups is 1. The lowest BCUT2D eigenvalue weighted by molar-refractivity contribution is -0.137. The summed E-state index contributed by atoms with van der Waals surface area (Å²) in [6, 6.07) is 4.43. The van der Waals surface area contributed by atoms with Crippen molar-refractivity contribution in [1.29, 1.82) is 0 Å². The van der Waals surface area contributed by atoms with Crippen molar-refractivity contribution >= 4 is 40.7 Å². The molecule has 4 rings (SSSR count). The van der Waals surface area contributed by atoms with E-state index in [4.69, 9.17) is 23.2 Å². The number of hydrogen-bond donors (Lipinski definition) is 2. The normalized spacial score (nSPS) is 24.5. The molecule has 2 aromatic rings. The number of anilines is 3. The fourth-order valence-corrected chi connectivity index (χ4v) is 4.33. The summed E-state index contributed by atoms with van der Waals surface area (Å²) in [5.74, 6) is -0.114. The molecule has 3 heterocycles. The highest BCUT2D eigenvalue weighted by Crippen LogP contribution is 2.44. The zero-order chi connectivity index (χ0) is 20.1. The summed E-state index contributed by atoms with van der Waals surface area (Å²) in [5, 5.41) is 13.5. The Hall–Kier alpha value is -1.77. The van der Waals surface area contributed by atoms with Gasteiger partial charge < -0.3 is 15.3 Å². The van der Waals surface area contributed by atoms with Crippen LogP contribution in [-0.4, -0.2) is 33.3 Å². The molecule has 1 aromatic heterocycles. The first-order chi connectivity index (χ1) is 13.2. The van der Waals surface area contributed by atoms with Crippen molar-refractivity contribution in [3.63, 3.8) is 0 Å². The van der Waals surface area contributed by atoms with Gasteiger partial charge in [0.2, 0.25) is 5.95 Å². The highest BCUT2D eigenvalue weighted by molar-refractivity contribution is 6.42. The van der Waals surface area contributed by atoms with Crippen molar-refractivity contribution in [1.82, 2.24) is 9.97 Å². The smallest absolute Gasteiger partial charge is 0.393 e. The third kappa shape index (κ3) is 3.73. The average molecular weight is 433 g/mol. The molecule has 150 valence electrons. The number of rotatable bonds is 3. The van der Waals surface area contributed by atoms with Gasteiger partial charge in [0, 0.05) is 24.0 Å². The van der Waals surface area contributed by atoms with E-state index < -0.39 is 17.8 Å². The van der Waals surface area contributed by atoms with E-state index in [1.807, 2.05) is 0 Å². The van der Waals surface area contributed by atoms with Gasteiger partial charge in [-0.15, -0.1) is 0 Å². The first kappa shape index (κ1) is 19.5. The van der Waals surface area contributed by atoms with Crippen molar-refractivity contribution in [3.05, 3.63) is 40.0 Å². The molecule has 2 N–H and O–H groups in total. The number of halogens is 5. The van der Waals surface area contributed by atoms with Crippen LogP contribution in [-0.2, 0) is 6.18 Å². The number of benzene rings is 1. The first-order valence-corrected chi connectivity index (χ1v) is 9.60. The molecule has 0 aliphatic carbocycles. The highest BCUT2D eigenvalue weighted by atomic mass is 35.5. The summed E-state index contributed by atoms with van der Waals surface area (Å²) in [7, 11) is 0. The fourth-order valence-electron chi connectivity index (χ4n) is 4.03. The summed E-state index contributed by atoms with van der Waals surface area (Å²) >= 11 is 11.9. The van der Waals surface area contributed by atoms with Crippen LogP contribution in [0.25, 0.3) is 0 Å². The maximum absolute atomic E-state index is 13.6. The van der Waals surface area contributed by atoms with Crippen molar-refractivity contribution in [2.75, 3.05) is 10.2 Å². The lowest BCUT2D eigenvalue weighted by Gasteiger charge is -2.39. The maximum atomic E-state index is 13.6. The number of fused-ring (bicyclic) bond motifs is 2. The minimum Gasteiger partial charge on any atom is -0.393 e. The third-order valence-corrected chi connectivity index (χ3v) is 5.94. The number of nitrogens with one attached hydrogen (secondary N) is 1. The molecule has 0 saturated carbocycles. The Bertz CT molecular complexity index is 882. The quantitative estimate of drug-likeness (QED) is 0.711. The van der Waals surface area contributed by atoms with E-state index in [1.165, 1.54) is 0 Å². The molecule has 2 fully saturated rings. The second-order valence-corrected chi connectivity index (χ2v) is 7.91. The molecule has 1 aromatic carbocycles. The lowest BCUT2D eigenvalue weighted by Crippen LogP contribution is -2.46. The first-order valence-electron chi connectivity index (χ1n) is 8.85. The van der Waals surface area contributed by atoms with E-state index in [-0.39, 0.29) is 23.8 Å². The Morgan fingerprint density at radius 2 is 1.79 bits per heavy atom. The molecule has 2 saturated heterocycles. The van der Waals surface area contributed by atoms with Gasteiger partial charge in [0.25, 0.3) is 0 Å². The van der Waals surface area contributed by atoms with E-state index in [0.29, 0.717) is 28.6 Å². The van der Waals surface area contributed by atoms with Crippen molar-refractivity contribution < 1.29 is 18.3 Å². The minimum absolute atomic E-state index is 0.0342. The number of aromatic nitrogens is 2. The van der Waals surface area contributed by atoms with Gasteiger partial charge in [-0.3, -0.25) is 0 Å². The predicted octanol–water partition coefficient (Wildman–Crippen LogP) is 5.04. The number of nitrogens with zero attached hydrogens (tertiary/aromatic N) is 3. The molecule has 2 unspecified atom stereocenters. The Kier molecular flexibility index (Phi) is 5.05. The van der Waals surface area contributed by atoms with Crippen LogP contribution in [0.4, 0.5) is 30.6 Å². The van der Waals surface area contributed by atoms with Gasteiger partial charge in [0.1, 0.15) is 11.4 Å². The van der Waals surface area contributed by atoms with Crippen LogP contribution >= 0.6 is 23.2 Å². The zero-order valence-electron chi connectivity index (χ0n) is 14.5. The van der Waals surface area contributed by atoms with Gasteiger partial charge in [-0.05, 0) is 43.9 Å². The predicted molar refractivity (Wildman–Crippen MR) is 101 cm³/mol. The van der Waals surface area contributed by atoms with Crippen molar-refractivity contribution in [2.24, 2.45) is 0 Å². The van der Waals surface area contributed by atoms with Crippen LogP contribution in [0, 0.1) is 0 Å². The Labute approximate surface area is 169 Å². The molecule has 2 aliphatic heterocycles. The van der Waals surface area contributed by atoms with Crippen LogP contribution in [0.2, 0.25) is 10.0 Å². The molecule has 0 spiro atoms. The SMILES string of the molecule is OC1CC2CCC(C1)N2c1nc(Nc2ccc(Cl)c(Cl)c2)ncc1C(F)(F)F. The number of piperidine rings is 1. The topological polar surface area (TPSA) is 61.3 Å². The van der Waals surface area contributed by atoms with Crippen molar-refractivity contribution in [3.8, 4) is 0 Å². The molecule has 28 heavy (non-hydrogen) atoms. The average Bonchev–Trinajstić information content (AvgIpc) is 2.88. The maximum Gasteiger partial charge on any atom is 0.421 e. The van der Waals surface area contributed by atoms with Crippen LogP contribution in [0.3, 0.4) is 0 Å². The molecule has 2 aliphatic rings. The van der Waals surface area contributed by atoms with Crippen molar-refractivity contribution in [2.45, 2.75) is 50.0 Å². The van der Waals surface area contributed by atoms with E-state index >= 15 is 0 Å². The molecule has 10 heteroatoms. The van der Waals surface area contributed by atoms with Gasteiger partial charge >= 0.3 is 6.18 Å². The second-order valence-electron chi connectivity index (χ2n) is 7.10. The largest absolute Gasteiger partial charge is 0.421 e. The Morgan fingerprint density at radius 1 is 1.11 bits per heavy atom. The van der Waals surface area contributed by atoms with Gasteiger partial charge in [-0.1, -0.05) is 23.2 Å². The molecule has 0 radical (unpaired) electrons. The summed E-state index contributed by atoms with van der Waals surface area (Å²) in [6.07, 6.45) is -1.92. The molecular formula is C18H17Cl2F3N4O. The Balaban J connectivity index is 1.71. The molecule has 0 amide bonds. The second kappa shape index (κ2) is 7.24. The van der Waals surface area contributed by atoms with Gasteiger partial charge in [-0.25, -0.2) is 4.98 Å². The van der Waals surface area contributed by atoms with Crippen LogP contribution in [0.5, 0.6) is 0 Å². The number of alkyl halides is 3. The van der Waals surface area contributed by atoms with Gasteiger partial charge in [0.15, 0.2) is 0 Å². The van der Waals surface area contributed by atoms with E-state index in [2.05, 4.69) is 15.3 Å². The van der Waals surface area contributed by atoms with Crippen LogP contribution in [0.15, 0.2) is 24.4 Å². The van der Waals surface area contributed by atoms with Gasteiger partial charge in [-0.2, -0.15) is 18.2 Å². The van der Waals surface area contributed by atoms with E-state index in [1.54, 1.807) is 23.1 Å². The molecule has 2 bridgehead atoms. The third-order valence-electron chi connectivity index (χ3n) is 5.20. The summed E-state index contributed by atoms with van der Waals surface area (Å²) in [4.78, 5) is 9.75. The minimum atomic E-state index is -4.58. The monoisotopic (exact) mass is 432 g/mol. The summed E-state index contributed by atoms with van der Waals surface area (Å²) < 4.78 is 40.8. The number of hydrogen-bond acceptors (Lipinski definition) is 5. The summed E-state index contributed by atoms with van der Waals surface area (Å²) in [6.45, 7) is 0. The zero-order valence-corrected chi connectivity index (χ0v) is 16.1. The lowest BCUT2D eigenvalue weighted by atomic mass is 9.99. The number of aliphatic hydroxyl groups excluding tert-OH is 1. The van der Waals surface area contributed by atoms with E-state index in [0.717, 1.165) is 19.0 Å². The fraction of sp³-hybridized carbons (Fsp3) is 0.444. The summed E-state index contributed by atoms with van der Waals surface area (Å²) in [5.41, 5.74) is -0.363. The van der Waals surface area contributed by atoms with Gasteiger partial charge in [0.05, 0.1) is 16.1 Å². The van der Waals surface area contributed by atoms with Crippen LogP contribution in [0.1, 0.15) is 31.2 Å². The molecular weight excluding hydrogens is 416 g/mol. The standard InChI is InChI=1S/C18H17Cl2F3N4O/c19-14-4-1-9(5-15(14)20)25-17-24-8-13(18(21,22)23)16(26-17)27-10-2-3-11(27)7-12(28)6-10/h1,4-5,8,10-12,28H,2-3,6-7H2,(H,24,25,26). The highest BCUT2D eigenvalue weighted by Gasteiger charge is 2.45. The Morgan fingerprint density at radius 3 is 2.39 bits per heavy atom. The van der Waals surface area contributed by atoms with E-state index in [9.17, 15) is 18.3 Å².